The van der Waals surface area contributed by atoms with Crippen molar-refractivity contribution in [2.45, 2.75) is 26.0 Å². The molecule has 2 rings (SSSR count). The largest absolute Gasteiger partial charge is 0.486 e. The number of hydrogen-bond donors (Lipinski definition) is 1. The van der Waals surface area contributed by atoms with E-state index >= 15 is 0 Å². The van der Waals surface area contributed by atoms with Crippen molar-refractivity contribution in [3.05, 3.63) is 58.3 Å². The van der Waals surface area contributed by atoms with Gasteiger partial charge in [-0.3, -0.25) is 4.98 Å². The number of pyridine rings is 1. The molecule has 0 aliphatic carbocycles. The van der Waals surface area contributed by atoms with Crippen LogP contribution in [-0.4, -0.2) is 11.0 Å². The van der Waals surface area contributed by atoms with E-state index in [4.69, 9.17) is 10.5 Å². The van der Waals surface area contributed by atoms with Gasteiger partial charge in [-0.1, -0.05) is 18.2 Å². The van der Waals surface area contributed by atoms with Gasteiger partial charge < -0.3 is 10.5 Å². The molecule has 0 radical (unpaired) electrons. The zero-order valence-corrected chi connectivity index (χ0v) is 12.4. The molecule has 0 saturated carbocycles. The maximum absolute atomic E-state index is 5.89. The number of ether oxygens (including phenoxy) is 1. The highest BCUT2D eigenvalue weighted by Crippen LogP contribution is 2.30. The van der Waals surface area contributed by atoms with Crippen LogP contribution in [0.3, 0.4) is 0 Å². The molecule has 1 heterocycles. The molecule has 0 aliphatic rings. The number of hydrogen-bond acceptors (Lipinski definition) is 3. The molecule has 1 unspecified atom stereocenters. The molecule has 4 heteroatoms. The SMILES string of the molecule is CC(N)Cc1cccc(Br)c1OCc1ccccn1. The Kier molecular flexibility index (Phi) is 4.93. The first kappa shape index (κ1) is 14.0. The van der Waals surface area contributed by atoms with Gasteiger partial charge in [-0.05, 0) is 53.0 Å². The third-order valence-electron chi connectivity index (χ3n) is 2.68. The monoisotopic (exact) mass is 320 g/mol. The maximum atomic E-state index is 5.89. The Labute approximate surface area is 121 Å². The third-order valence-corrected chi connectivity index (χ3v) is 3.31. The predicted molar refractivity (Wildman–Crippen MR) is 80.1 cm³/mol. The summed E-state index contributed by atoms with van der Waals surface area (Å²) in [7, 11) is 0. The fourth-order valence-electron chi connectivity index (χ4n) is 1.85. The Balaban J connectivity index is 2.14. The van der Waals surface area contributed by atoms with E-state index in [1.165, 1.54) is 0 Å². The Bertz CT molecular complexity index is 529. The average molecular weight is 321 g/mol. The maximum Gasteiger partial charge on any atom is 0.137 e. The van der Waals surface area contributed by atoms with Crippen molar-refractivity contribution in [3.8, 4) is 5.75 Å². The van der Waals surface area contributed by atoms with Gasteiger partial charge in [0.15, 0.2) is 0 Å². The molecule has 0 fully saturated rings. The molecule has 100 valence electrons. The second-order valence-electron chi connectivity index (χ2n) is 4.52. The van der Waals surface area contributed by atoms with Gasteiger partial charge in [0.2, 0.25) is 0 Å². The van der Waals surface area contributed by atoms with Crippen LogP contribution in [0.2, 0.25) is 0 Å². The van der Waals surface area contributed by atoms with Crippen LogP contribution in [0, 0.1) is 0 Å². The van der Waals surface area contributed by atoms with Gasteiger partial charge in [0, 0.05) is 12.2 Å². The summed E-state index contributed by atoms with van der Waals surface area (Å²) in [5.41, 5.74) is 7.89. The molecular formula is C15H17BrN2O. The third kappa shape index (κ3) is 4.04. The first-order valence-electron chi connectivity index (χ1n) is 6.22. The van der Waals surface area contributed by atoms with E-state index in [9.17, 15) is 0 Å². The van der Waals surface area contributed by atoms with Gasteiger partial charge in [0.05, 0.1) is 10.2 Å². The van der Waals surface area contributed by atoms with Crippen molar-refractivity contribution in [2.75, 3.05) is 0 Å². The number of para-hydroxylation sites is 1. The topological polar surface area (TPSA) is 48.1 Å². The van der Waals surface area contributed by atoms with Crippen LogP contribution in [0.4, 0.5) is 0 Å². The highest BCUT2D eigenvalue weighted by Gasteiger charge is 2.10. The smallest absolute Gasteiger partial charge is 0.137 e. The van der Waals surface area contributed by atoms with Gasteiger partial charge in [0.1, 0.15) is 12.4 Å². The number of aromatic nitrogens is 1. The summed E-state index contributed by atoms with van der Waals surface area (Å²) in [5.74, 6) is 0.852. The van der Waals surface area contributed by atoms with E-state index in [2.05, 4.69) is 20.9 Å². The first-order valence-corrected chi connectivity index (χ1v) is 7.02. The van der Waals surface area contributed by atoms with Gasteiger partial charge in [0.25, 0.3) is 0 Å². The summed E-state index contributed by atoms with van der Waals surface area (Å²) < 4.78 is 6.84. The van der Waals surface area contributed by atoms with Crippen molar-refractivity contribution in [3.63, 3.8) is 0 Å². The van der Waals surface area contributed by atoms with E-state index in [1.54, 1.807) is 6.20 Å². The molecule has 19 heavy (non-hydrogen) atoms. The molecule has 0 spiro atoms. The fraction of sp³-hybridized carbons (Fsp3) is 0.267. The Morgan fingerprint density at radius 2 is 2.11 bits per heavy atom. The van der Waals surface area contributed by atoms with Crippen LogP contribution in [0.5, 0.6) is 5.75 Å². The molecule has 0 saturated heterocycles. The number of nitrogens with two attached hydrogens (primary N) is 1. The lowest BCUT2D eigenvalue weighted by molar-refractivity contribution is 0.295. The van der Waals surface area contributed by atoms with Crippen molar-refractivity contribution >= 4 is 15.9 Å². The van der Waals surface area contributed by atoms with Crippen LogP contribution in [0.25, 0.3) is 0 Å². The molecule has 0 bridgehead atoms. The second kappa shape index (κ2) is 6.68. The Hall–Kier alpha value is -1.39. The Morgan fingerprint density at radius 1 is 1.26 bits per heavy atom. The van der Waals surface area contributed by atoms with Crippen molar-refractivity contribution < 1.29 is 4.74 Å². The quantitative estimate of drug-likeness (QED) is 0.919. The summed E-state index contributed by atoms with van der Waals surface area (Å²) in [5, 5.41) is 0. The minimum absolute atomic E-state index is 0.103. The molecule has 3 nitrogen and oxygen atoms in total. The van der Waals surface area contributed by atoms with Gasteiger partial charge in [-0.2, -0.15) is 0 Å². The zero-order valence-electron chi connectivity index (χ0n) is 10.8. The molecule has 1 aromatic carbocycles. The van der Waals surface area contributed by atoms with E-state index < -0.39 is 0 Å². The molecule has 2 aromatic rings. The predicted octanol–water partition coefficient (Wildman–Crippen LogP) is 3.31. The zero-order chi connectivity index (χ0) is 13.7. The number of rotatable bonds is 5. The fourth-order valence-corrected chi connectivity index (χ4v) is 2.37. The molecular weight excluding hydrogens is 304 g/mol. The van der Waals surface area contributed by atoms with Crippen LogP contribution in [-0.2, 0) is 13.0 Å². The highest BCUT2D eigenvalue weighted by molar-refractivity contribution is 9.10. The minimum atomic E-state index is 0.103. The standard InChI is InChI=1S/C15H17BrN2O/c1-11(17)9-12-5-4-7-14(16)15(12)19-10-13-6-2-3-8-18-13/h2-8,11H,9-10,17H2,1H3. The summed E-state index contributed by atoms with van der Waals surface area (Å²) in [6.45, 7) is 2.44. The van der Waals surface area contributed by atoms with Gasteiger partial charge >= 0.3 is 0 Å². The number of nitrogens with zero attached hydrogens (tertiary/aromatic N) is 1. The normalized spacial score (nSPS) is 12.2. The van der Waals surface area contributed by atoms with Gasteiger partial charge in [-0.25, -0.2) is 0 Å². The summed E-state index contributed by atoms with van der Waals surface area (Å²) in [4.78, 5) is 4.25. The van der Waals surface area contributed by atoms with E-state index in [0.29, 0.717) is 6.61 Å². The van der Waals surface area contributed by atoms with E-state index in [1.807, 2.05) is 43.3 Å². The number of halogens is 1. The van der Waals surface area contributed by atoms with Crippen LogP contribution >= 0.6 is 15.9 Å². The lowest BCUT2D eigenvalue weighted by Gasteiger charge is -2.14. The van der Waals surface area contributed by atoms with Crippen molar-refractivity contribution in [2.24, 2.45) is 5.73 Å². The summed E-state index contributed by atoms with van der Waals surface area (Å²) in [6, 6.07) is 11.9. The minimum Gasteiger partial charge on any atom is -0.486 e. The van der Waals surface area contributed by atoms with Crippen molar-refractivity contribution in [1.29, 1.82) is 0 Å². The van der Waals surface area contributed by atoms with Crippen LogP contribution < -0.4 is 10.5 Å². The lowest BCUT2D eigenvalue weighted by Crippen LogP contribution is -2.18. The Morgan fingerprint density at radius 3 is 2.79 bits per heavy atom. The summed E-state index contributed by atoms with van der Waals surface area (Å²) >= 11 is 3.52. The molecule has 0 aliphatic heterocycles. The van der Waals surface area contributed by atoms with E-state index in [0.717, 1.165) is 27.9 Å². The van der Waals surface area contributed by atoms with Crippen LogP contribution in [0.1, 0.15) is 18.2 Å². The van der Waals surface area contributed by atoms with Crippen LogP contribution in [0.15, 0.2) is 47.1 Å². The van der Waals surface area contributed by atoms with Crippen molar-refractivity contribution in [1.82, 2.24) is 4.98 Å². The lowest BCUT2D eigenvalue weighted by atomic mass is 10.1. The molecule has 1 aromatic heterocycles. The summed E-state index contributed by atoms with van der Waals surface area (Å²) in [6.07, 6.45) is 2.55. The second-order valence-corrected chi connectivity index (χ2v) is 5.37. The number of benzene rings is 1. The highest BCUT2D eigenvalue weighted by atomic mass is 79.9. The average Bonchev–Trinajstić information content (AvgIpc) is 2.38. The molecule has 2 N–H and O–H groups in total. The first-order chi connectivity index (χ1) is 9.16. The molecule has 1 atom stereocenters. The van der Waals surface area contributed by atoms with E-state index in [-0.39, 0.29) is 6.04 Å². The van der Waals surface area contributed by atoms with Gasteiger partial charge in [-0.15, -0.1) is 0 Å². The molecule has 0 amide bonds.